The van der Waals surface area contributed by atoms with Crippen molar-refractivity contribution < 1.29 is 14.7 Å². The summed E-state index contributed by atoms with van der Waals surface area (Å²) in [5.74, 6) is -0.752. The van der Waals surface area contributed by atoms with Gasteiger partial charge in [0.1, 0.15) is 0 Å². The third-order valence-electron chi connectivity index (χ3n) is 3.49. The molecule has 0 aromatic rings. The molecule has 1 aliphatic rings. The largest absolute Gasteiger partial charge is 0.481 e. The molecular weight excluding hydrogens is 232 g/mol. The number of nitrogens with one attached hydrogen (secondary N) is 1. The van der Waals surface area contributed by atoms with E-state index in [0.717, 1.165) is 32.2 Å². The van der Waals surface area contributed by atoms with Gasteiger partial charge in [0, 0.05) is 25.0 Å². The van der Waals surface area contributed by atoms with Crippen LogP contribution in [0.5, 0.6) is 0 Å². The number of likely N-dealkylation sites (tertiary alicyclic amines) is 1. The van der Waals surface area contributed by atoms with Gasteiger partial charge >= 0.3 is 12.0 Å². The molecule has 2 N–H and O–H groups in total. The lowest BCUT2D eigenvalue weighted by atomic mass is 10.0. The highest BCUT2D eigenvalue weighted by Gasteiger charge is 2.34. The Balaban J connectivity index is 2.12. The average Bonchev–Trinajstić information content (AvgIpc) is 2.62. The first-order valence-corrected chi connectivity index (χ1v) is 6.71. The number of nitrogens with zero attached hydrogens (tertiary/aromatic N) is 1. The smallest absolute Gasteiger partial charge is 0.317 e. The highest BCUT2D eigenvalue weighted by atomic mass is 16.4. The molecule has 1 fully saturated rings. The first kappa shape index (κ1) is 14.8. The van der Waals surface area contributed by atoms with Crippen molar-refractivity contribution in [2.45, 2.75) is 57.9 Å². The molecular formula is C13H24N2O3. The van der Waals surface area contributed by atoms with Gasteiger partial charge in [0.05, 0.1) is 0 Å². The molecule has 5 nitrogen and oxygen atoms in total. The molecule has 0 radical (unpaired) electrons. The number of rotatable bonds is 6. The Bertz CT molecular complexity index is 303. The predicted octanol–water partition coefficient (Wildman–Crippen LogP) is 2.22. The van der Waals surface area contributed by atoms with Crippen LogP contribution in [0.4, 0.5) is 4.79 Å². The summed E-state index contributed by atoms with van der Waals surface area (Å²) < 4.78 is 0. The Kier molecular flexibility index (Phi) is 5.44. The molecule has 1 rings (SSSR count). The maximum atomic E-state index is 11.9. The fourth-order valence-corrected chi connectivity index (χ4v) is 2.35. The van der Waals surface area contributed by atoms with Crippen LogP contribution in [-0.4, -0.2) is 40.6 Å². The lowest BCUT2D eigenvalue weighted by Gasteiger charge is -2.31. The molecule has 2 amide bonds. The van der Waals surface area contributed by atoms with Crippen molar-refractivity contribution in [3.63, 3.8) is 0 Å². The fourth-order valence-electron chi connectivity index (χ4n) is 2.35. The maximum Gasteiger partial charge on any atom is 0.317 e. The van der Waals surface area contributed by atoms with E-state index in [9.17, 15) is 9.59 Å². The number of unbranched alkanes of at least 4 members (excludes halogenated alkanes) is 2. The van der Waals surface area contributed by atoms with Gasteiger partial charge in [-0.25, -0.2) is 4.79 Å². The Morgan fingerprint density at radius 1 is 1.28 bits per heavy atom. The van der Waals surface area contributed by atoms with Crippen LogP contribution in [0.1, 0.15) is 52.4 Å². The second kappa shape index (κ2) is 6.61. The molecule has 0 aliphatic carbocycles. The molecule has 0 atom stereocenters. The molecule has 0 aromatic heterocycles. The average molecular weight is 256 g/mol. The van der Waals surface area contributed by atoms with E-state index in [2.05, 4.69) is 19.2 Å². The first-order chi connectivity index (χ1) is 8.43. The van der Waals surface area contributed by atoms with Crippen LogP contribution in [0.25, 0.3) is 0 Å². The lowest BCUT2D eigenvalue weighted by molar-refractivity contribution is -0.137. The van der Waals surface area contributed by atoms with E-state index in [4.69, 9.17) is 5.11 Å². The number of hydrogen-bond acceptors (Lipinski definition) is 2. The van der Waals surface area contributed by atoms with Crippen molar-refractivity contribution in [1.82, 2.24) is 10.2 Å². The van der Waals surface area contributed by atoms with Gasteiger partial charge in [-0.3, -0.25) is 4.79 Å². The Hall–Kier alpha value is -1.26. The van der Waals surface area contributed by atoms with Crippen LogP contribution in [-0.2, 0) is 4.79 Å². The minimum Gasteiger partial charge on any atom is -0.481 e. The molecule has 1 saturated heterocycles. The summed E-state index contributed by atoms with van der Waals surface area (Å²) in [6.45, 7) is 5.64. The summed E-state index contributed by atoms with van der Waals surface area (Å²) in [6.07, 6.45) is 4.70. The highest BCUT2D eigenvalue weighted by Crippen LogP contribution is 2.27. The molecule has 1 aliphatic heterocycles. The summed E-state index contributed by atoms with van der Waals surface area (Å²) >= 11 is 0. The van der Waals surface area contributed by atoms with Gasteiger partial charge in [-0.1, -0.05) is 6.42 Å². The van der Waals surface area contributed by atoms with Gasteiger partial charge in [0.25, 0.3) is 0 Å². The number of carbonyl (C=O) groups is 2. The second-order valence-corrected chi connectivity index (χ2v) is 5.50. The van der Waals surface area contributed by atoms with E-state index in [1.54, 1.807) is 0 Å². The Morgan fingerprint density at radius 2 is 2.00 bits per heavy atom. The zero-order valence-corrected chi connectivity index (χ0v) is 11.4. The topological polar surface area (TPSA) is 69.6 Å². The van der Waals surface area contributed by atoms with E-state index in [1.165, 1.54) is 0 Å². The number of carbonyl (C=O) groups excluding carboxylic acids is 1. The summed E-state index contributed by atoms with van der Waals surface area (Å²) in [4.78, 5) is 24.1. The molecule has 104 valence electrons. The number of carboxylic acid groups (broad SMARTS) is 1. The normalized spacial score (nSPS) is 17.8. The monoisotopic (exact) mass is 256 g/mol. The van der Waals surface area contributed by atoms with E-state index < -0.39 is 5.97 Å². The zero-order valence-electron chi connectivity index (χ0n) is 11.4. The summed E-state index contributed by atoms with van der Waals surface area (Å²) in [7, 11) is 0. The number of carboxylic acids is 1. The van der Waals surface area contributed by atoms with E-state index >= 15 is 0 Å². The molecule has 5 heteroatoms. The first-order valence-electron chi connectivity index (χ1n) is 6.71. The van der Waals surface area contributed by atoms with Gasteiger partial charge in [-0.2, -0.15) is 0 Å². The maximum absolute atomic E-state index is 11.9. The van der Waals surface area contributed by atoms with Crippen molar-refractivity contribution in [2.75, 3.05) is 13.1 Å². The molecule has 0 unspecified atom stereocenters. The van der Waals surface area contributed by atoms with Gasteiger partial charge in [-0.05, 0) is 39.5 Å². The van der Waals surface area contributed by atoms with E-state index in [1.807, 2.05) is 4.90 Å². The quantitative estimate of drug-likeness (QED) is 0.716. The Morgan fingerprint density at radius 3 is 2.56 bits per heavy atom. The molecule has 0 aromatic carbocycles. The van der Waals surface area contributed by atoms with E-state index in [-0.39, 0.29) is 18.0 Å². The van der Waals surface area contributed by atoms with Crippen LogP contribution >= 0.6 is 0 Å². The van der Waals surface area contributed by atoms with Crippen LogP contribution < -0.4 is 5.32 Å². The van der Waals surface area contributed by atoms with Crippen LogP contribution in [0.3, 0.4) is 0 Å². The minimum absolute atomic E-state index is 0.00994. The summed E-state index contributed by atoms with van der Waals surface area (Å²) in [6, 6.07) is 0.00994. The molecule has 0 saturated carbocycles. The van der Waals surface area contributed by atoms with Crippen molar-refractivity contribution in [3.8, 4) is 0 Å². The zero-order chi connectivity index (χ0) is 13.6. The SMILES string of the molecule is CC1(C)CCCN1C(=O)NCCCCCC(=O)O. The number of urea groups is 1. The number of hydrogen-bond donors (Lipinski definition) is 2. The molecule has 18 heavy (non-hydrogen) atoms. The number of amides is 2. The lowest BCUT2D eigenvalue weighted by Crippen LogP contribution is -2.48. The number of aliphatic carboxylic acids is 1. The van der Waals surface area contributed by atoms with Crippen molar-refractivity contribution in [1.29, 1.82) is 0 Å². The standard InChI is InChI=1S/C13H24N2O3/c1-13(2)8-6-10-15(13)12(18)14-9-5-3-4-7-11(16)17/h3-10H2,1-2H3,(H,14,18)(H,16,17). The fraction of sp³-hybridized carbons (Fsp3) is 0.846. The molecule has 1 heterocycles. The third kappa shape index (κ3) is 4.55. The van der Waals surface area contributed by atoms with Crippen molar-refractivity contribution >= 4 is 12.0 Å². The summed E-state index contributed by atoms with van der Waals surface area (Å²) in [5, 5.41) is 11.4. The molecule has 0 spiro atoms. The van der Waals surface area contributed by atoms with Crippen LogP contribution in [0.2, 0.25) is 0 Å². The highest BCUT2D eigenvalue weighted by molar-refractivity contribution is 5.75. The van der Waals surface area contributed by atoms with Gasteiger partial charge < -0.3 is 15.3 Å². The van der Waals surface area contributed by atoms with Crippen molar-refractivity contribution in [2.24, 2.45) is 0 Å². The summed E-state index contributed by atoms with van der Waals surface area (Å²) in [5.41, 5.74) is -0.0343. The predicted molar refractivity (Wildman–Crippen MR) is 69.5 cm³/mol. The second-order valence-electron chi connectivity index (χ2n) is 5.50. The van der Waals surface area contributed by atoms with Gasteiger partial charge in [-0.15, -0.1) is 0 Å². The Labute approximate surface area is 109 Å². The molecule has 0 bridgehead atoms. The van der Waals surface area contributed by atoms with Gasteiger partial charge in [0.2, 0.25) is 0 Å². The van der Waals surface area contributed by atoms with Crippen molar-refractivity contribution in [3.05, 3.63) is 0 Å². The van der Waals surface area contributed by atoms with Gasteiger partial charge in [0.15, 0.2) is 0 Å². The minimum atomic E-state index is -0.752. The van der Waals surface area contributed by atoms with E-state index in [0.29, 0.717) is 13.0 Å². The third-order valence-corrected chi connectivity index (χ3v) is 3.49. The van der Waals surface area contributed by atoms with Crippen LogP contribution in [0, 0.1) is 0 Å². The van der Waals surface area contributed by atoms with Crippen LogP contribution in [0.15, 0.2) is 0 Å².